The first-order chi connectivity index (χ1) is 10.6. The van der Waals surface area contributed by atoms with E-state index in [-0.39, 0.29) is 30.1 Å². The van der Waals surface area contributed by atoms with Crippen molar-refractivity contribution in [1.82, 2.24) is 10.2 Å². The zero-order chi connectivity index (χ0) is 15.7. The molecule has 0 unspecified atom stereocenters. The Hall–Kier alpha value is -2.17. The number of nitrogens with zero attached hydrogens (tertiary/aromatic N) is 1. The van der Waals surface area contributed by atoms with Crippen molar-refractivity contribution in [3.8, 4) is 0 Å². The Morgan fingerprint density at radius 3 is 2.77 bits per heavy atom. The Morgan fingerprint density at radius 1 is 1.32 bits per heavy atom. The lowest BCUT2D eigenvalue weighted by Crippen LogP contribution is -2.46. The first-order valence-electron chi connectivity index (χ1n) is 7.83. The Labute approximate surface area is 129 Å². The maximum Gasteiger partial charge on any atom is 0.249 e. The number of aryl methyl sites for hydroxylation is 1. The van der Waals surface area contributed by atoms with Gasteiger partial charge in [-0.2, -0.15) is 0 Å². The molecule has 0 saturated carbocycles. The fourth-order valence-electron chi connectivity index (χ4n) is 3.53. The molecule has 1 aliphatic carbocycles. The molecule has 1 heterocycles. The van der Waals surface area contributed by atoms with Gasteiger partial charge in [0.25, 0.3) is 0 Å². The Balaban J connectivity index is 1.87. The zero-order valence-corrected chi connectivity index (χ0v) is 12.7. The maximum absolute atomic E-state index is 13.0. The Bertz CT molecular complexity index is 626. The Morgan fingerprint density at radius 2 is 2.09 bits per heavy atom. The maximum atomic E-state index is 13.0. The van der Waals surface area contributed by atoms with Crippen molar-refractivity contribution in [3.63, 3.8) is 0 Å². The topological polar surface area (TPSA) is 66.5 Å². The van der Waals surface area contributed by atoms with Crippen LogP contribution in [-0.4, -0.2) is 35.2 Å². The number of hydrogen-bond acceptors (Lipinski definition) is 3. The van der Waals surface area contributed by atoms with Crippen molar-refractivity contribution >= 4 is 17.7 Å². The number of rotatable bonds is 3. The monoisotopic (exact) mass is 300 g/mol. The largest absolute Gasteiger partial charge is 0.330 e. The van der Waals surface area contributed by atoms with Crippen LogP contribution >= 0.6 is 0 Å². The molecule has 116 valence electrons. The van der Waals surface area contributed by atoms with Crippen LogP contribution in [0.4, 0.5) is 0 Å². The van der Waals surface area contributed by atoms with E-state index in [9.17, 15) is 14.4 Å². The number of carbonyl (C=O) groups is 3. The highest BCUT2D eigenvalue weighted by Gasteiger charge is 2.40. The zero-order valence-electron chi connectivity index (χ0n) is 12.7. The van der Waals surface area contributed by atoms with E-state index in [4.69, 9.17) is 0 Å². The minimum absolute atomic E-state index is 0.0375. The number of nitrogens with one attached hydrogen (secondary N) is 1. The van der Waals surface area contributed by atoms with E-state index in [1.165, 1.54) is 5.56 Å². The third-order valence-corrected chi connectivity index (χ3v) is 4.61. The van der Waals surface area contributed by atoms with Crippen molar-refractivity contribution in [2.24, 2.45) is 0 Å². The van der Waals surface area contributed by atoms with Crippen LogP contribution in [0.1, 0.15) is 43.2 Å². The first kappa shape index (κ1) is 14.8. The molecule has 0 radical (unpaired) electrons. The van der Waals surface area contributed by atoms with E-state index in [2.05, 4.69) is 11.4 Å². The van der Waals surface area contributed by atoms with Gasteiger partial charge in [0.05, 0.1) is 12.3 Å². The van der Waals surface area contributed by atoms with E-state index >= 15 is 0 Å². The second-order valence-electron chi connectivity index (χ2n) is 5.90. The molecule has 2 aliphatic rings. The first-order valence-corrected chi connectivity index (χ1v) is 7.83. The van der Waals surface area contributed by atoms with Crippen LogP contribution in [0, 0.1) is 0 Å². The summed E-state index contributed by atoms with van der Waals surface area (Å²) in [5, 5.41) is 2.29. The lowest BCUT2D eigenvalue weighted by atomic mass is 9.82. The SMILES string of the molecule is CCN(C(=O)[C@H]1CCCc2ccccc21)[C@@H]1CC(=O)NC1=O. The van der Waals surface area contributed by atoms with Gasteiger partial charge in [-0.3, -0.25) is 19.7 Å². The van der Waals surface area contributed by atoms with Crippen LogP contribution in [0.5, 0.6) is 0 Å². The molecule has 3 amide bonds. The van der Waals surface area contributed by atoms with E-state index in [0.29, 0.717) is 6.54 Å². The van der Waals surface area contributed by atoms with Gasteiger partial charge in [-0.1, -0.05) is 24.3 Å². The highest BCUT2D eigenvalue weighted by Crippen LogP contribution is 2.33. The summed E-state index contributed by atoms with van der Waals surface area (Å²) in [6.45, 7) is 2.28. The summed E-state index contributed by atoms with van der Waals surface area (Å²) in [7, 11) is 0. The molecule has 5 nitrogen and oxygen atoms in total. The summed E-state index contributed by atoms with van der Waals surface area (Å²) in [5.41, 5.74) is 2.29. The van der Waals surface area contributed by atoms with Crippen LogP contribution < -0.4 is 5.32 Å². The molecular weight excluding hydrogens is 280 g/mol. The van der Waals surface area contributed by atoms with Gasteiger partial charge in [-0.05, 0) is 37.3 Å². The quantitative estimate of drug-likeness (QED) is 0.857. The predicted molar refractivity (Wildman–Crippen MR) is 81.1 cm³/mol. The van der Waals surface area contributed by atoms with Gasteiger partial charge in [-0.15, -0.1) is 0 Å². The molecule has 3 rings (SSSR count). The predicted octanol–water partition coefficient (Wildman–Crippen LogP) is 1.37. The van der Waals surface area contributed by atoms with Crippen LogP contribution in [0.25, 0.3) is 0 Å². The van der Waals surface area contributed by atoms with Gasteiger partial charge in [-0.25, -0.2) is 0 Å². The summed E-state index contributed by atoms with van der Waals surface area (Å²) >= 11 is 0. The van der Waals surface area contributed by atoms with Crippen molar-refractivity contribution < 1.29 is 14.4 Å². The molecule has 1 fully saturated rings. The lowest BCUT2D eigenvalue weighted by Gasteiger charge is -2.32. The van der Waals surface area contributed by atoms with E-state index < -0.39 is 6.04 Å². The van der Waals surface area contributed by atoms with Gasteiger partial charge < -0.3 is 4.90 Å². The fraction of sp³-hybridized carbons (Fsp3) is 0.471. The molecule has 2 atom stereocenters. The third kappa shape index (κ3) is 2.51. The normalized spacial score (nSPS) is 23.9. The van der Waals surface area contributed by atoms with Gasteiger partial charge >= 0.3 is 0 Å². The molecule has 1 aromatic rings. The summed E-state index contributed by atoms with van der Waals surface area (Å²) in [6, 6.07) is 7.36. The number of carbonyl (C=O) groups excluding carboxylic acids is 3. The second-order valence-corrected chi connectivity index (χ2v) is 5.90. The number of imide groups is 1. The summed E-state index contributed by atoms with van der Waals surface area (Å²) in [6.07, 6.45) is 2.84. The second kappa shape index (κ2) is 5.91. The minimum Gasteiger partial charge on any atom is -0.330 e. The number of hydrogen-bond donors (Lipinski definition) is 1. The summed E-state index contributed by atoms with van der Waals surface area (Å²) in [4.78, 5) is 37.8. The van der Waals surface area contributed by atoms with E-state index in [0.717, 1.165) is 24.8 Å². The number of amides is 3. The molecule has 1 N–H and O–H groups in total. The van der Waals surface area contributed by atoms with Crippen molar-refractivity contribution in [3.05, 3.63) is 35.4 Å². The lowest BCUT2D eigenvalue weighted by molar-refractivity contribution is -0.140. The smallest absolute Gasteiger partial charge is 0.249 e. The molecule has 0 aromatic heterocycles. The van der Waals surface area contributed by atoms with Gasteiger partial charge in [0.15, 0.2) is 0 Å². The molecular formula is C17H20N2O3. The van der Waals surface area contributed by atoms with Crippen molar-refractivity contribution in [1.29, 1.82) is 0 Å². The molecule has 1 aromatic carbocycles. The number of likely N-dealkylation sites (N-methyl/N-ethyl adjacent to an activating group) is 1. The number of fused-ring (bicyclic) bond motifs is 1. The molecule has 0 bridgehead atoms. The minimum atomic E-state index is -0.654. The van der Waals surface area contributed by atoms with Crippen LogP contribution in [0.15, 0.2) is 24.3 Å². The highest BCUT2D eigenvalue weighted by molar-refractivity contribution is 6.07. The molecule has 1 aliphatic heterocycles. The van der Waals surface area contributed by atoms with Crippen LogP contribution in [0.3, 0.4) is 0 Å². The molecule has 5 heteroatoms. The van der Waals surface area contributed by atoms with Crippen molar-refractivity contribution in [2.45, 2.75) is 44.6 Å². The Kier molecular flexibility index (Phi) is 3.96. The average Bonchev–Trinajstić information content (AvgIpc) is 2.86. The molecule has 22 heavy (non-hydrogen) atoms. The van der Waals surface area contributed by atoms with E-state index in [1.54, 1.807) is 4.90 Å². The van der Waals surface area contributed by atoms with E-state index in [1.807, 2.05) is 25.1 Å². The van der Waals surface area contributed by atoms with Crippen LogP contribution in [-0.2, 0) is 20.8 Å². The standard InChI is InChI=1S/C17H20N2O3/c1-2-19(14-10-15(20)18-16(14)21)17(22)13-9-5-7-11-6-3-4-8-12(11)13/h3-4,6,8,13-14H,2,5,7,9-10H2,1H3,(H,18,20,21)/t13-,14+/m0/s1. The fourth-order valence-corrected chi connectivity index (χ4v) is 3.53. The summed E-state index contributed by atoms with van der Waals surface area (Å²) in [5.74, 6) is -0.896. The molecule has 1 saturated heterocycles. The van der Waals surface area contributed by atoms with Gasteiger partial charge in [0.2, 0.25) is 17.7 Å². The summed E-state index contributed by atoms with van der Waals surface area (Å²) < 4.78 is 0. The third-order valence-electron chi connectivity index (χ3n) is 4.61. The average molecular weight is 300 g/mol. The van der Waals surface area contributed by atoms with Crippen LogP contribution in [0.2, 0.25) is 0 Å². The highest BCUT2D eigenvalue weighted by atomic mass is 16.2. The molecule has 0 spiro atoms. The number of benzene rings is 1. The van der Waals surface area contributed by atoms with Gasteiger partial charge in [0.1, 0.15) is 6.04 Å². The van der Waals surface area contributed by atoms with Gasteiger partial charge in [0, 0.05) is 6.54 Å². The van der Waals surface area contributed by atoms with Crippen molar-refractivity contribution in [2.75, 3.05) is 6.54 Å².